The molecule has 2 atom stereocenters. The van der Waals surface area contributed by atoms with E-state index >= 15 is 0 Å². The largest absolute Gasteiger partial charge is 0.480 e. The van der Waals surface area contributed by atoms with Crippen LogP contribution < -0.4 is 10.6 Å². The van der Waals surface area contributed by atoms with Crippen molar-refractivity contribution in [3.05, 3.63) is 35.9 Å². The average molecular weight is 364 g/mol. The highest BCUT2D eigenvalue weighted by Gasteiger charge is 2.28. The predicted molar refractivity (Wildman–Crippen MR) is 97.5 cm³/mol. The first-order valence-corrected chi connectivity index (χ1v) is 8.85. The number of aliphatic carboxylic acids is 1. The summed E-state index contributed by atoms with van der Waals surface area (Å²) in [5.41, 5.74) is 0.832. The third-order valence-electron chi connectivity index (χ3n) is 3.90. The number of benzene rings is 1. The summed E-state index contributed by atoms with van der Waals surface area (Å²) in [6.07, 6.45) is 1.15. The van der Waals surface area contributed by atoms with E-state index in [9.17, 15) is 19.5 Å². The van der Waals surface area contributed by atoms with Gasteiger partial charge in [-0.05, 0) is 17.9 Å². The summed E-state index contributed by atoms with van der Waals surface area (Å²) < 4.78 is 5.13. The van der Waals surface area contributed by atoms with Gasteiger partial charge < -0.3 is 20.5 Å². The van der Waals surface area contributed by atoms with Crippen LogP contribution in [-0.2, 0) is 20.9 Å². The fraction of sp³-hybridized carbons (Fsp3) is 0.526. The molecule has 7 nitrogen and oxygen atoms in total. The number of hydrogen-bond donors (Lipinski definition) is 3. The summed E-state index contributed by atoms with van der Waals surface area (Å²) in [4.78, 5) is 35.7. The van der Waals surface area contributed by atoms with Gasteiger partial charge in [0, 0.05) is 0 Å². The first-order chi connectivity index (χ1) is 12.3. The van der Waals surface area contributed by atoms with Gasteiger partial charge in [0.2, 0.25) is 5.91 Å². The fourth-order valence-electron chi connectivity index (χ4n) is 2.35. The number of carboxylic acid groups (broad SMARTS) is 1. The summed E-state index contributed by atoms with van der Waals surface area (Å²) in [5.74, 6) is -1.83. The van der Waals surface area contributed by atoms with Crippen LogP contribution in [0.25, 0.3) is 0 Å². The molecule has 0 saturated heterocycles. The highest BCUT2D eigenvalue weighted by atomic mass is 16.5. The van der Waals surface area contributed by atoms with Gasteiger partial charge in [0.25, 0.3) is 0 Å². The fourth-order valence-corrected chi connectivity index (χ4v) is 2.35. The molecule has 2 amide bonds. The maximum Gasteiger partial charge on any atom is 0.408 e. The zero-order valence-corrected chi connectivity index (χ0v) is 15.5. The zero-order valence-electron chi connectivity index (χ0n) is 15.5. The normalized spacial score (nSPS) is 12.9. The number of carboxylic acids is 1. The molecule has 0 bridgehead atoms. The van der Waals surface area contributed by atoms with Gasteiger partial charge in [-0.15, -0.1) is 0 Å². The zero-order chi connectivity index (χ0) is 19.5. The SMILES string of the molecule is CCCC[C@H](NC(=O)[C@@H](NC(=O)OCc1ccccc1)C(C)C)C(=O)O. The average Bonchev–Trinajstić information content (AvgIpc) is 2.61. The summed E-state index contributed by atoms with van der Waals surface area (Å²) >= 11 is 0. The van der Waals surface area contributed by atoms with Crippen molar-refractivity contribution in [2.45, 2.75) is 58.7 Å². The van der Waals surface area contributed by atoms with Crippen LogP contribution in [-0.4, -0.2) is 35.2 Å². The van der Waals surface area contributed by atoms with Crippen molar-refractivity contribution in [2.75, 3.05) is 0 Å². The first kappa shape index (κ1) is 21.5. The first-order valence-electron chi connectivity index (χ1n) is 8.85. The van der Waals surface area contributed by atoms with Gasteiger partial charge in [-0.1, -0.05) is 63.9 Å². The van der Waals surface area contributed by atoms with Gasteiger partial charge in [-0.2, -0.15) is 0 Å². The van der Waals surface area contributed by atoms with Gasteiger partial charge in [0.15, 0.2) is 0 Å². The molecule has 0 unspecified atom stereocenters. The Hall–Kier alpha value is -2.57. The van der Waals surface area contributed by atoms with E-state index in [4.69, 9.17) is 4.74 Å². The van der Waals surface area contributed by atoms with E-state index in [1.807, 2.05) is 37.3 Å². The number of ether oxygens (including phenoxy) is 1. The maximum atomic E-state index is 12.4. The number of amides is 2. The van der Waals surface area contributed by atoms with E-state index in [0.717, 1.165) is 12.0 Å². The Bertz CT molecular complexity index is 589. The molecule has 0 heterocycles. The van der Waals surface area contributed by atoms with Gasteiger partial charge >= 0.3 is 12.1 Å². The second-order valence-electron chi connectivity index (χ2n) is 6.47. The van der Waals surface area contributed by atoms with Gasteiger partial charge in [0.05, 0.1) is 0 Å². The van der Waals surface area contributed by atoms with Gasteiger partial charge in [-0.25, -0.2) is 9.59 Å². The minimum absolute atomic E-state index is 0.0906. The lowest BCUT2D eigenvalue weighted by Gasteiger charge is -2.23. The lowest BCUT2D eigenvalue weighted by molar-refractivity contribution is -0.142. The van der Waals surface area contributed by atoms with Crippen molar-refractivity contribution < 1.29 is 24.2 Å². The molecule has 7 heteroatoms. The Morgan fingerprint density at radius 3 is 2.31 bits per heavy atom. The summed E-state index contributed by atoms with van der Waals surface area (Å²) in [6.45, 7) is 5.57. The molecule has 0 saturated carbocycles. The standard InChI is InChI=1S/C19H28N2O5/c1-4-5-11-15(18(23)24)20-17(22)16(13(2)3)21-19(25)26-12-14-9-7-6-8-10-14/h6-10,13,15-16H,4-5,11-12H2,1-3H3,(H,20,22)(H,21,25)(H,23,24)/t15-,16-/m0/s1. The molecule has 1 aromatic carbocycles. The minimum atomic E-state index is -1.08. The lowest BCUT2D eigenvalue weighted by Crippen LogP contribution is -2.53. The van der Waals surface area contributed by atoms with E-state index in [2.05, 4.69) is 10.6 Å². The monoisotopic (exact) mass is 364 g/mol. The van der Waals surface area contributed by atoms with Crippen LogP contribution in [0.15, 0.2) is 30.3 Å². The lowest BCUT2D eigenvalue weighted by atomic mass is 10.0. The summed E-state index contributed by atoms with van der Waals surface area (Å²) in [5, 5.41) is 14.3. The molecule has 0 radical (unpaired) electrons. The highest BCUT2D eigenvalue weighted by Crippen LogP contribution is 2.07. The molecular weight excluding hydrogens is 336 g/mol. The molecule has 1 rings (SSSR count). The van der Waals surface area contributed by atoms with E-state index in [-0.39, 0.29) is 12.5 Å². The Kier molecular flexibility index (Phi) is 9.19. The number of unbranched alkanes of at least 4 members (excludes halogenated alkanes) is 1. The van der Waals surface area contributed by atoms with Crippen molar-refractivity contribution in [1.29, 1.82) is 0 Å². The Morgan fingerprint density at radius 1 is 1.12 bits per heavy atom. The minimum Gasteiger partial charge on any atom is -0.480 e. The van der Waals surface area contributed by atoms with E-state index in [1.54, 1.807) is 13.8 Å². The van der Waals surface area contributed by atoms with E-state index in [0.29, 0.717) is 12.8 Å². The van der Waals surface area contributed by atoms with Crippen LogP contribution in [0.5, 0.6) is 0 Å². The van der Waals surface area contributed by atoms with Crippen molar-refractivity contribution in [2.24, 2.45) is 5.92 Å². The molecule has 26 heavy (non-hydrogen) atoms. The van der Waals surface area contributed by atoms with Gasteiger partial charge in [-0.3, -0.25) is 4.79 Å². The number of rotatable bonds is 10. The van der Waals surface area contributed by atoms with Crippen LogP contribution >= 0.6 is 0 Å². The number of alkyl carbamates (subject to hydrolysis) is 1. The van der Waals surface area contributed by atoms with Crippen molar-refractivity contribution >= 4 is 18.0 Å². The van der Waals surface area contributed by atoms with Crippen molar-refractivity contribution in [3.8, 4) is 0 Å². The number of carbonyl (C=O) groups is 3. The van der Waals surface area contributed by atoms with E-state index in [1.165, 1.54) is 0 Å². The Labute approximate surface area is 154 Å². The summed E-state index contributed by atoms with van der Waals surface area (Å²) in [6, 6.07) is 7.34. The molecular formula is C19H28N2O5. The van der Waals surface area contributed by atoms with Crippen LogP contribution in [0, 0.1) is 5.92 Å². The molecule has 0 fully saturated rings. The third kappa shape index (κ3) is 7.55. The molecule has 0 aliphatic rings. The van der Waals surface area contributed by atoms with Crippen molar-refractivity contribution in [3.63, 3.8) is 0 Å². The molecule has 144 valence electrons. The predicted octanol–water partition coefficient (Wildman–Crippen LogP) is 2.70. The second kappa shape index (κ2) is 11.1. The maximum absolute atomic E-state index is 12.4. The Balaban J connectivity index is 2.61. The van der Waals surface area contributed by atoms with Crippen LogP contribution in [0.4, 0.5) is 4.79 Å². The number of nitrogens with one attached hydrogen (secondary N) is 2. The van der Waals surface area contributed by atoms with Gasteiger partial charge in [0.1, 0.15) is 18.7 Å². The topological polar surface area (TPSA) is 105 Å². The third-order valence-corrected chi connectivity index (χ3v) is 3.90. The number of hydrogen-bond acceptors (Lipinski definition) is 4. The van der Waals surface area contributed by atoms with Crippen LogP contribution in [0.3, 0.4) is 0 Å². The van der Waals surface area contributed by atoms with E-state index < -0.39 is 30.1 Å². The smallest absolute Gasteiger partial charge is 0.408 e. The Morgan fingerprint density at radius 2 is 1.77 bits per heavy atom. The van der Waals surface area contributed by atoms with Crippen LogP contribution in [0.1, 0.15) is 45.6 Å². The molecule has 0 aromatic heterocycles. The highest BCUT2D eigenvalue weighted by molar-refractivity contribution is 5.89. The van der Waals surface area contributed by atoms with Crippen molar-refractivity contribution in [1.82, 2.24) is 10.6 Å². The second-order valence-corrected chi connectivity index (χ2v) is 6.47. The summed E-state index contributed by atoms with van der Waals surface area (Å²) in [7, 11) is 0. The molecule has 1 aromatic rings. The molecule has 0 aliphatic carbocycles. The van der Waals surface area contributed by atoms with Crippen LogP contribution in [0.2, 0.25) is 0 Å². The molecule has 0 spiro atoms. The molecule has 0 aliphatic heterocycles. The quantitative estimate of drug-likeness (QED) is 0.592. The number of carbonyl (C=O) groups excluding carboxylic acids is 2. The molecule has 3 N–H and O–H groups in total.